The third-order valence-electron chi connectivity index (χ3n) is 3.13. The van der Waals surface area contributed by atoms with Gasteiger partial charge in [-0.2, -0.15) is 11.8 Å². The van der Waals surface area contributed by atoms with Gasteiger partial charge in [0.05, 0.1) is 8.67 Å². The smallest absolute Gasteiger partial charge is 0.0991 e. The largest absolute Gasteiger partial charge is 0.309 e. The van der Waals surface area contributed by atoms with Crippen LogP contribution in [0.4, 0.5) is 0 Å². The molecule has 0 aromatic carbocycles. The van der Waals surface area contributed by atoms with Crippen molar-refractivity contribution in [2.24, 2.45) is 0 Å². The molecule has 0 saturated carbocycles. The minimum atomic E-state index is 0.264. The Bertz CT molecular complexity index is 378. The molecule has 1 atom stereocenters. The van der Waals surface area contributed by atoms with Crippen molar-refractivity contribution in [2.75, 3.05) is 37.7 Å². The summed E-state index contributed by atoms with van der Waals surface area (Å²) in [5.74, 6) is 2.53. The Labute approximate surface area is 127 Å². The van der Waals surface area contributed by atoms with E-state index in [1.165, 1.54) is 35.9 Å². The van der Waals surface area contributed by atoms with E-state index in [4.69, 9.17) is 23.2 Å². The zero-order valence-corrected chi connectivity index (χ0v) is 13.6. The molecule has 1 N–H and O–H groups in total. The van der Waals surface area contributed by atoms with E-state index in [-0.39, 0.29) is 6.04 Å². The average Bonchev–Trinajstić information content (AvgIpc) is 2.70. The van der Waals surface area contributed by atoms with Gasteiger partial charge in [0.1, 0.15) is 0 Å². The SMILES string of the molecule is CC(NCCN1CCSCC1)c1cc(Cl)sc1Cl. The Morgan fingerprint density at radius 2 is 2.11 bits per heavy atom. The van der Waals surface area contributed by atoms with E-state index >= 15 is 0 Å². The van der Waals surface area contributed by atoms with Gasteiger partial charge in [0.2, 0.25) is 0 Å². The van der Waals surface area contributed by atoms with Gasteiger partial charge in [-0.3, -0.25) is 0 Å². The fraction of sp³-hybridized carbons (Fsp3) is 0.667. The number of thiophene rings is 1. The molecule has 0 spiro atoms. The van der Waals surface area contributed by atoms with Crippen LogP contribution in [-0.4, -0.2) is 42.6 Å². The molecule has 1 aromatic rings. The first-order valence-corrected chi connectivity index (χ1v) is 8.87. The van der Waals surface area contributed by atoms with Gasteiger partial charge in [-0.05, 0) is 18.6 Å². The molecule has 18 heavy (non-hydrogen) atoms. The van der Waals surface area contributed by atoms with Crippen LogP contribution in [0.15, 0.2) is 6.07 Å². The fourth-order valence-corrected chi connectivity index (χ4v) is 4.65. The van der Waals surface area contributed by atoms with Crippen molar-refractivity contribution in [3.8, 4) is 0 Å². The van der Waals surface area contributed by atoms with Crippen LogP contribution in [0.1, 0.15) is 18.5 Å². The molecule has 1 fully saturated rings. The lowest BCUT2D eigenvalue weighted by Gasteiger charge is -2.26. The first-order valence-electron chi connectivity index (χ1n) is 6.15. The standard InChI is InChI=1S/C12H18Cl2N2S2/c1-9(10-8-11(13)18-12(10)14)15-2-3-16-4-6-17-7-5-16/h8-9,15H,2-7H2,1H3. The van der Waals surface area contributed by atoms with E-state index in [1.54, 1.807) is 0 Å². The highest BCUT2D eigenvalue weighted by atomic mass is 35.5. The summed E-state index contributed by atoms with van der Waals surface area (Å²) >= 11 is 15.6. The van der Waals surface area contributed by atoms with Crippen molar-refractivity contribution in [2.45, 2.75) is 13.0 Å². The second-order valence-electron chi connectivity index (χ2n) is 4.41. The third kappa shape index (κ3) is 4.29. The average molecular weight is 325 g/mol. The van der Waals surface area contributed by atoms with Gasteiger partial charge in [0.15, 0.2) is 0 Å². The van der Waals surface area contributed by atoms with Crippen molar-refractivity contribution in [1.29, 1.82) is 0 Å². The first-order chi connectivity index (χ1) is 8.66. The minimum Gasteiger partial charge on any atom is -0.309 e. The first kappa shape index (κ1) is 14.9. The zero-order valence-electron chi connectivity index (χ0n) is 10.4. The number of halogens is 2. The van der Waals surface area contributed by atoms with Gasteiger partial charge in [0, 0.05) is 43.7 Å². The highest BCUT2D eigenvalue weighted by molar-refractivity contribution is 7.99. The number of hydrogen-bond donors (Lipinski definition) is 1. The van der Waals surface area contributed by atoms with E-state index < -0.39 is 0 Å². The summed E-state index contributed by atoms with van der Waals surface area (Å²) in [6.45, 7) is 6.67. The quantitative estimate of drug-likeness (QED) is 0.887. The Balaban J connectivity index is 1.74. The van der Waals surface area contributed by atoms with Crippen LogP contribution in [0.2, 0.25) is 8.67 Å². The van der Waals surface area contributed by atoms with Gasteiger partial charge >= 0.3 is 0 Å². The van der Waals surface area contributed by atoms with Crippen molar-refractivity contribution in [3.05, 3.63) is 20.3 Å². The summed E-state index contributed by atoms with van der Waals surface area (Å²) in [7, 11) is 0. The minimum absolute atomic E-state index is 0.264. The van der Waals surface area contributed by atoms with E-state index in [2.05, 4.69) is 17.1 Å². The van der Waals surface area contributed by atoms with E-state index in [1.807, 2.05) is 17.8 Å². The molecule has 1 saturated heterocycles. The van der Waals surface area contributed by atoms with Crippen molar-refractivity contribution >= 4 is 46.3 Å². The lowest BCUT2D eigenvalue weighted by molar-refractivity contribution is 0.297. The molecule has 2 nitrogen and oxygen atoms in total. The Morgan fingerprint density at radius 3 is 2.72 bits per heavy atom. The predicted molar refractivity (Wildman–Crippen MR) is 84.5 cm³/mol. The molecule has 1 aliphatic heterocycles. The molecule has 2 rings (SSSR count). The zero-order chi connectivity index (χ0) is 13.0. The van der Waals surface area contributed by atoms with E-state index in [0.29, 0.717) is 0 Å². The Morgan fingerprint density at radius 1 is 1.39 bits per heavy atom. The maximum atomic E-state index is 6.15. The maximum Gasteiger partial charge on any atom is 0.0991 e. The van der Waals surface area contributed by atoms with Crippen molar-refractivity contribution < 1.29 is 0 Å². The lowest BCUT2D eigenvalue weighted by Crippen LogP contribution is -2.38. The van der Waals surface area contributed by atoms with Gasteiger partial charge < -0.3 is 10.2 Å². The van der Waals surface area contributed by atoms with Crippen LogP contribution >= 0.6 is 46.3 Å². The van der Waals surface area contributed by atoms with E-state index in [9.17, 15) is 0 Å². The number of nitrogens with zero attached hydrogens (tertiary/aromatic N) is 1. The lowest BCUT2D eigenvalue weighted by atomic mass is 10.2. The van der Waals surface area contributed by atoms with Gasteiger partial charge in [-0.25, -0.2) is 0 Å². The molecule has 0 radical (unpaired) electrons. The molecule has 1 aliphatic rings. The summed E-state index contributed by atoms with van der Waals surface area (Å²) in [6.07, 6.45) is 0. The van der Waals surface area contributed by atoms with Gasteiger partial charge in [0.25, 0.3) is 0 Å². The molecule has 0 bridgehead atoms. The summed E-state index contributed by atoms with van der Waals surface area (Å²) in [4.78, 5) is 2.51. The maximum absolute atomic E-state index is 6.15. The molecule has 102 valence electrons. The molecule has 1 aromatic heterocycles. The molecule has 1 unspecified atom stereocenters. The fourth-order valence-electron chi connectivity index (χ4n) is 2.02. The summed E-state index contributed by atoms with van der Waals surface area (Å²) in [5.41, 5.74) is 1.11. The molecule has 6 heteroatoms. The van der Waals surface area contributed by atoms with Gasteiger partial charge in [-0.1, -0.05) is 23.2 Å². The second-order valence-corrected chi connectivity index (χ2v) is 7.92. The number of rotatable bonds is 5. The monoisotopic (exact) mass is 324 g/mol. The van der Waals surface area contributed by atoms with Gasteiger partial charge in [-0.15, -0.1) is 11.3 Å². The number of thioether (sulfide) groups is 1. The van der Waals surface area contributed by atoms with Crippen molar-refractivity contribution in [1.82, 2.24) is 10.2 Å². The Hall–Kier alpha value is 0.550. The topological polar surface area (TPSA) is 15.3 Å². The number of nitrogens with one attached hydrogen (secondary N) is 1. The second kappa shape index (κ2) is 7.36. The predicted octanol–water partition coefficient (Wildman–Crippen LogP) is 3.75. The number of hydrogen-bond acceptors (Lipinski definition) is 4. The highest BCUT2D eigenvalue weighted by Gasteiger charge is 2.14. The van der Waals surface area contributed by atoms with Crippen molar-refractivity contribution in [3.63, 3.8) is 0 Å². The molecular weight excluding hydrogens is 307 g/mol. The third-order valence-corrected chi connectivity index (χ3v) is 5.59. The highest BCUT2D eigenvalue weighted by Crippen LogP contribution is 2.34. The molecular formula is C12H18Cl2N2S2. The summed E-state index contributed by atoms with van der Waals surface area (Å²) in [6, 6.07) is 2.23. The van der Waals surface area contributed by atoms with Crippen LogP contribution in [0.5, 0.6) is 0 Å². The van der Waals surface area contributed by atoms with Crippen LogP contribution in [-0.2, 0) is 0 Å². The van der Waals surface area contributed by atoms with Crippen LogP contribution in [0, 0.1) is 0 Å². The van der Waals surface area contributed by atoms with E-state index in [0.717, 1.165) is 27.3 Å². The van der Waals surface area contributed by atoms with Crippen LogP contribution in [0.3, 0.4) is 0 Å². The summed E-state index contributed by atoms with van der Waals surface area (Å²) < 4.78 is 1.56. The van der Waals surface area contributed by atoms with Crippen LogP contribution in [0.25, 0.3) is 0 Å². The molecule has 2 heterocycles. The normalized spacial score (nSPS) is 19.1. The molecule has 0 amide bonds. The molecule has 0 aliphatic carbocycles. The van der Waals surface area contributed by atoms with Crippen LogP contribution < -0.4 is 5.32 Å². The Kier molecular flexibility index (Phi) is 6.12. The summed E-state index contributed by atoms with van der Waals surface area (Å²) in [5, 5.41) is 3.52.